The van der Waals surface area contributed by atoms with Gasteiger partial charge in [0.05, 0.1) is 0 Å². The number of nitrogens with one attached hydrogen (secondary N) is 1. The second-order valence-corrected chi connectivity index (χ2v) is 14.9. The van der Waals surface area contributed by atoms with Crippen molar-refractivity contribution in [3.63, 3.8) is 0 Å². The van der Waals surface area contributed by atoms with Gasteiger partial charge < -0.3 is 10.2 Å². The van der Waals surface area contributed by atoms with Crippen molar-refractivity contribution in [2.45, 2.75) is 6.17 Å². The van der Waals surface area contributed by atoms with E-state index in [1.165, 1.54) is 42.4 Å². The molecule has 9 aromatic rings. The normalized spacial score (nSPS) is 13.9. The molecule has 0 radical (unpaired) electrons. The van der Waals surface area contributed by atoms with Crippen molar-refractivity contribution in [3.05, 3.63) is 223 Å². The molecule has 2 heterocycles. The van der Waals surface area contributed by atoms with Crippen LogP contribution in [0.1, 0.15) is 22.9 Å². The van der Waals surface area contributed by atoms with Gasteiger partial charge in [-0.3, -0.25) is 0 Å². The topological polar surface area (TPSA) is 40.0 Å². The van der Waals surface area contributed by atoms with Gasteiger partial charge in [0.15, 0.2) is 5.84 Å². The lowest BCUT2D eigenvalue weighted by Crippen LogP contribution is -2.33. The van der Waals surface area contributed by atoms with E-state index in [4.69, 9.17) is 9.98 Å². The fourth-order valence-electron chi connectivity index (χ4n) is 7.57. The standard InChI is InChI=1S/C51H36N4S/c1-5-14-35(15-6-1)36-24-26-37(27-25-36)38-28-30-42(31-29-38)55(41-20-11-4-12-21-41)43-32-33-44-47(34-43)56-46-23-13-22-45(48(44)46)51-53-49(39-16-7-2-8-17-39)52-50(54-51)40-18-9-3-10-19-40/h1-34,49H,(H,52,53,54). The van der Waals surface area contributed by atoms with Gasteiger partial charge in [-0.05, 0) is 70.3 Å². The minimum Gasteiger partial charge on any atom is -0.344 e. The maximum absolute atomic E-state index is 5.22. The van der Waals surface area contributed by atoms with Crippen molar-refractivity contribution in [2.75, 3.05) is 4.90 Å². The summed E-state index contributed by atoms with van der Waals surface area (Å²) < 4.78 is 2.42. The van der Waals surface area contributed by atoms with Crippen LogP contribution in [-0.2, 0) is 0 Å². The fourth-order valence-corrected chi connectivity index (χ4v) is 8.74. The average Bonchev–Trinajstić information content (AvgIpc) is 3.66. The first kappa shape index (κ1) is 33.5. The molecule has 266 valence electrons. The third-order valence-electron chi connectivity index (χ3n) is 10.4. The van der Waals surface area contributed by atoms with Gasteiger partial charge in [0.2, 0.25) is 0 Å². The van der Waals surface area contributed by atoms with E-state index in [0.29, 0.717) is 0 Å². The summed E-state index contributed by atoms with van der Waals surface area (Å²) in [5.41, 5.74) is 11.3. The molecule has 0 fully saturated rings. The van der Waals surface area contributed by atoms with E-state index < -0.39 is 0 Å². The maximum atomic E-state index is 5.22. The number of para-hydroxylation sites is 1. The fraction of sp³-hybridized carbons (Fsp3) is 0.0196. The quantitative estimate of drug-likeness (QED) is 0.169. The number of hydrogen-bond donors (Lipinski definition) is 1. The van der Waals surface area contributed by atoms with Gasteiger partial charge in [-0.25, -0.2) is 9.98 Å². The predicted molar refractivity (Wildman–Crippen MR) is 237 cm³/mol. The number of aliphatic imine (C=N–C) groups is 2. The van der Waals surface area contributed by atoms with E-state index in [9.17, 15) is 0 Å². The first-order chi connectivity index (χ1) is 27.7. The molecule has 0 aliphatic carbocycles. The Morgan fingerprint density at radius 2 is 0.982 bits per heavy atom. The van der Waals surface area contributed by atoms with Crippen LogP contribution in [0.2, 0.25) is 0 Å². The summed E-state index contributed by atoms with van der Waals surface area (Å²) in [5, 5.41) is 5.97. The largest absolute Gasteiger partial charge is 0.344 e. The number of rotatable bonds is 8. The highest BCUT2D eigenvalue weighted by Crippen LogP contribution is 2.42. The Morgan fingerprint density at radius 3 is 1.64 bits per heavy atom. The number of thiophene rings is 1. The molecule has 10 rings (SSSR count). The molecular formula is C51H36N4S. The van der Waals surface area contributed by atoms with Crippen LogP contribution in [0.4, 0.5) is 17.1 Å². The lowest BCUT2D eigenvalue weighted by molar-refractivity contribution is 0.674. The van der Waals surface area contributed by atoms with Crippen LogP contribution in [0, 0.1) is 0 Å². The first-order valence-corrected chi connectivity index (χ1v) is 19.7. The Bertz CT molecular complexity index is 2850. The summed E-state index contributed by atoms with van der Waals surface area (Å²) in [6, 6.07) is 72.9. The first-order valence-electron chi connectivity index (χ1n) is 18.9. The number of hydrogen-bond acceptors (Lipinski definition) is 5. The smallest absolute Gasteiger partial charge is 0.160 e. The van der Waals surface area contributed by atoms with Gasteiger partial charge in [-0.1, -0.05) is 164 Å². The van der Waals surface area contributed by atoms with Crippen LogP contribution >= 0.6 is 11.3 Å². The number of benzene rings is 8. The van der Waals surface area contributed by atoms with Crippen molar-refractivity contribution >= 4 is 60.2 Å². The molecule has 4 nitrogen and oxygen atoms in total. The van der Waals surface area contributed by atoms with Crippen LogP contribution in [0.15, 0.2) is 216 Å². The van der Waals surface area contributed by atoms with Crippen LogP contribution in [0.3, 0.4) is 0 Å². The molecule has 1 atom stereocenters. The van der Waals surface area contributed by atoms with Gasteiger partial charge in [0.1, 0.15) is 12.0 Å². The molecule has 0 bridgehead atoms. The van der Waals surface area contributed by atoms with Crippen LogP contribution < -0.4 is 10.2 Å². The Morgan fingerprint density at radius 1 is 0.446 bits per heavy atom. The van der Waals surface area contributed by atoms with Crippen molar-refractivity contribution in [3.8, 4) is 22.3 Å². The zero-order valence-corrected chi connectivity index (χ0v) is 31.3. The molecule has 0 amide bonds. The average molecular weight is 737 g/mol. The van der Waals surface area contributed by atoms with Gasteiger partial charge >= 0.3 is 0 Å². The Kier molecular flexibility index (Phi) is 8.75. The second-order valence-electron chi connectivity index (χ2n) is 13.9. The van der Waals surface area contributed by atoms with Crippen LogP contribution in [0.5, 0.6) is 0 Å². The van der Waals surface area contributed by atoms with E-state index in [1.807, 2.05) is 35.6 Å². The summed E-state index contributed by atoms with van der Waals surface area (Å²) >= 11 is 1.81. The number of amidine groups is 2. The number of nitrogens with zero attached hydrogens (tertiary/aromatic N) is 3. The molecule has 1 unspecified atom stereocenters. The SMILES string of the molecule is c1ccc(C2=NC(c3cccc4sc5cc(N(c6ccccc6)c6ccc(-c7ccc(-c8ccccc8)cc7)cc6)ccc5c34)=NC(c3ccccc3)N2)cc1. The van der Waals surface area contributed by atoms with Gasteiger partial charge in [-0.15, -0.1) is 11.3 Å². The van der Waals surface area contributed by atoms with Gasteiger partial charge in [0.25, 0.3) is 0 Å². The van der Waals surface area contributed by atoms with E-state index >= 15 is 0 Å². The molecule has 1 aliphatic rings. The van der Waals surface area contributed by atoms with Crippen molar-refractivity contribution in [2.24, 2.45) is 9.98 Å². The zero-order chi connectivity index (χ0) is 37.3. The zero-order valence-electron chi connectivity index (χ0n) is 30.5. The molecule has 1 aliphatic heterocycles. The summed E-state index contributed by atoms with van der Waals surface area (Å²) in [7, 11) is 0. The molecule has 0 saturated carbocycles. The minimum absolute atomic E-state index is 0.259. The van der Waals surface area contributed by atoms with E-state index in [1.54, 1.807) is 0 Å². The molecule has 1 aromatic heterocycles. The molecule has 8 aromatic carbocycles. The minimum atomic E-state index is -0.259. The van der Waals surface area contributed by atoms with Crippen molar-refractivity contribution in [1.82, 2.24) is 5.32 Å². The molecule has 56 heavy (non-hydrogen) atoms. The summed E-state index contributed by atoms with van der Waals surface area (Å²) in [4.78, 5) is 12.7. The lowest BCUT2D eigenvalue weighted by Gasteiger charge is -2.26. The van der Waals surface area contributed by atoms with Crippen molar-refractivity contribution in [1.29, 1.82) is 0 Å². The third kappa shape index (κ3) is 6.44. The monoisotopic (exact) mass is 736 g/mol. The lowest BCUT2D eigenvalue weighted by atomic mass is 10.00. The third-order valence-corrected chi connectivity index (χ3v) is 11.5. The highest BCUT2D eigenvalue weighted by Gasteiger charge is 2.23. The molecule has 1 N–H and O–H groups in total. The Labute approximate surface area is 330 Å². The summed E-state index contributed by atoms with van der Waals surface area (Å²) in [6.07, 6.45) is -0.259. The molecule has 5 heteroatoms. The predicted octanol–water partition coefficient (Wildman–Crippen LogP) is 13.4. The molecule has 0 spiro atoms. The van der Waals surface area contributed by atoms with Crippen molar-refractivity contribution < 1.29 is 0 Å². The van der Waals surface area contributed by atoms with Gasteiger partial charge in [-0.2, -0.15) is 0 Å². The maximum Gasteiger partial charge on any atom is 0.160 e. The van der Waals surface area contributed by atoms with Crippen LogP contribution in [0.25, 0.3) is 42.4 Å². The highest BCUT2D eigenvalue weighted by atomic mass is 32.1. The highest BCUT2D eigenvalue weighted by molar-refractivity contribution is 7.26. The van der Waals surface area contributed by atoms with E-state index in [0.717, 1.165) is 45.4 Å². The Balaban J connectivity index is 1.03. The van der Waals surface area contributed by atoms with Crippen LogP contribution in [-0.4, -0.2) is 11.7 Å². The molecular weight excluding hydrogens is 701 g/mol. The second kappa shape index (κ2) is 14.6. The van der Waals surface area contributed by atoms with Gasteiger partial charge in [0, 0.05) is 48.4 Å². The summed E-state index contributed by atoms with van der Waals surface area (Å²) in [6.45, 7) is 0. The van der Waals surface area contributed by atoms with E-state index in [2.05, 4.69) is 192 Å². The number of fused-ring (bicyclic) bond motifs is 3. The summed E-state index contributed by atoms with van der Waals surface area (Å²) in [5.74, 6) is 1.54. The molecule has 0 saturated heterocycles. The Hall–Kier alpha value is -7.08. The van der Waals surface area contributed by atoms with E-state index in [-0.39, 0.29) is 6.17 Å². The number of anilines is 3.